The van der Waals surface area contributed by atoms with Crippen LogP contribution in [0.3, 0.4) is 0 Å². The maximum atomic E-state index is 5.12. The van der Waals surface area contributed by atoms with Gasteiger partial charge in [0.15, 0.2) is 0 Å². The van der Waals surface area contributed by atoms with Crippen molar-refractivity contribution in [3.05, 3.63) is 16.5 Å². The topological polar surface area (TPSA) is 40.7 Å². The van der Waals surface area contributed by atoms with Crippen LogP contribution in [0.1, 0.15) is 39.4 Å². The average Bonchev–Trinajstić information content (AvgIpc) is 2.17. The van der Waals surface area contributed by atoms with Gasteiger partial charge in [0.25, 0.3) is 0 Å². The van der Waals surface area contributed by atoms with Crippen LogP contribution in [0.5, 0.6) is 0 Å². The molecule has 3 nitrogen and oxygen atoms in total. The van der Waals surface area contributed by atoms with E-state index in [9.17, 15) is 0 Å². The molecule has 2 N–H and O–H groups in total. The molecule has 0 amide bonds. The van der Waals surface area contributed by atoms with Crippen molar-refractivity contribution in [1.29, 1.82) is 0 Å². The molecule has 0 fully saturated rings. The van der Waals surface area contributed by atoms with E-state index in [1.54, 1.807) is 0 Å². The lowest BCUT2D eigenvalue weighted by molar-refractivity contribution is 0.751. The van der Waals surface area contributed by atoms with E-state index in [-0.39, 0.29) is 0 Å². The summed E-state index contributed by atoms with van der Waals surface area (Å²) in [5.74, 6) is 1.95. The van der Waals surface area contributed by atoms with Gasteiger partial charge in [-0.15, -0.1) is 0 Å². The molecule has 1 atom stereocenters. The first kappa shape index (κ1) is 12.2. The summed E-state index contributed by atoms with van der Waals surface area (Å²) in [6, 6.07) is 2.33. The van der Waals surface area contributed by atoms with Crippen LogP contribution in [0.15, 0.2) is 6.07 Å². The predicted octanol–water partition coefficient (Wildman–Crippen LogP) is 3.30. The molecule has 1 heterocycles. The summed E-state index contributed by atoms with van der Waals surface area (Å²) in [5.41, 5.74) is 0. The Balaban J connectivity index is 2.83. The average molecular weight is 225 g/mol. The minimum absolute atomic E-state index is 0.451. The van der Waals surface area contributed by atoms with Crippen molar-refractivity contribution < 1.29 is 0 Å². The number of hydrogen-bond donors (Lipinski definition) is 2. The molecule has 1 rings (SSSR count). The molecule has 0 aromatic carbocycles. The van der Waals surface area contributed by atoms with Gasteiger partial charge in [0, 0.05) is 18.5 Å². The van der Waals surface area contributed by atoms with Crippen LogP contribution in [0.4, 0.5) is 5.82 Å². The van der Waals surface area contributed by atoms with Crippen molar-refractivity contribution in [2.24, 2.45) is 0 Å². The second-order valence-corrected chi connectivity index (χ2v) is 4.20. The van der Waals surface area contributed by atoms with Crippen LogP contribution in [-0.2, 0) is 6.42 Å². The Morgan fingerprint density at radius 3 is 2.87 bits per heavy atom. The van der Waals surface area contributed by atoms with Crippen LogP contribution in [0, 0.1) is 4.64 Å². The monoisotopic (exact) mass is 225 g/mol. The Kier molecular flexibility index (Phi) is 4.75. The number of nitrogens with one attached hydrogen (secondary N) is 2. The fourth-order valence-electron chi connectivity index (χ4n) is 1.31. The zero-order chi connectivity index (χ0) is 11.3. The number of rotatable bonds is 5. The number of aryl methyl sites for hydroxylation is 1. The molecule has 1 aromatic heterocycles. The molecule has 1 aromatic rings. The van der Waals surface area contributed by atoms with Gasteiger partial charge in [-0.1, -0.05) is 26.1 Å². The van der Waals surface area contributed by atoms with Crippen molar-refractivity contribution in [2.75, 3.05) is 5.32 Å². The second-order valence-electron chi connectivity index (χ2n) is 3.78. The van der Waals surface area contributed by atoms with Crippen molar-refractivity contribution in [3.8, 4) is 0 Å². The smallest absolute Gasteiger partial charge is 0.131 e. The summed E-state index contributed by atoms with van der Waals surface area (Å²) in [5, 5.41) is 3.37. The van der Waals surface area contributed by atoms with E-state index in [2.05, 4.69) is 36.1 Å². The molecule has 0 spiro atoms. The predicted molar refractivity (Wildman–Crippen MR) is 66.8 cm³/mol. The Bertz CT molecular complexity index is 359. The van der Waals surface area contributed by atoms with Gasteiger partial charge in [-0.2, -0.15) is 0 Å². The summed E-state index contributed by atoms with van der Waals surface area (Å²) in [7, 11) is 0. The van der Waals surface area contributed by atoms with Gasteiger partial charge >= 0.3 is 0 Å². The molecular formula is C11H19N3S. The normalized spacial score (nSPS) is 12.5. The highest BCUT2D eigenvalue weighted by Crippen LogP contribution is 2.08. The molecule has 0 aliphatic heterocycles. The minimum atomic E-state index is 0.451. The lowest BCUT2D eigenvalue weighted by Gasteiger charge is -2.13. The van der Waals surface area contributed by atoms with Crippen LogP contribution in [0.2, 0.25) is 0 Å². The van der Waals surface area contributed by atoms with Crippen LogP contribution < -0.4 is 5.32 Å². The third-order valence-corrected chi connectivity index (χ3v) is 2.50. The lowest BCUT2D eigenvalue weighted by Crippen LogP contribution is -2.15. The van der Waals surface area contributed by atoms with E-state index in [0.29, 0.717) is 10.7 Å². The quantitative estimate of drug-likeness (QED) is 0.755. The highest BCUT2D eigenvalue weighted by molar-refractivity contribution is 7.71. The molecular weight excluding hydrogens is 206 g/mol. The van der Waals surface area contributed by atoms with E-state index in [0.717, 1.165) is 30.9 Å². The van der Waals surface area contributed by atoms with E-state index in [1.165, 1.54) is 0 Å². The van der Waals surface area contributed by atoms with Gasteiger partial charge in [-0.3, -0.25) is 0 Å². The second kappa shape index (κ2) is 5.85. The Morgan fingerprint density at radius 2 is 2.27 bits per heavy atom. The summed E-state index contributed by atoms with van der Waals surface area (Å²) in [4.78, 5) is 7.54. The number of nitrogens with zero attached hydrogens (tertiary/aromatic N) is 1. The van der Waals surface area contributed by atoms with Gasteiger partial charge in [0.05, 0.1) is 0 Å². The van der Waals surface area contributed by atoms with Gasteiger partial charge < -0.3 is 10.3 Å². The summed E-state index contributed by atoms with van der Waals surface area (Å²) in [6.45, 7) is 6.44. The Labute approximate surface area is 96.3 Å². The van der Waals surface area contributed by atoms with Crippen molar-refractivity contribution in [3.63, 3.8) is 0 Å². The lowest BCUT2D eigenvalue weighted by atomic mass is 10.2. The largest absolute Gasteiger partial charge is 0.369 e. The standard InChI is InChI=1S/C11H19N3S/c1-4-6-9-13-10(7-11(15)14-9)12-8(3)5-2/h7-8H,4-6H2,1-3H3,(H2,12,13,14,15). The number of aromatic nitrogens is 2. The molecule has 0 aliphatic rings. The number of aromatic amines is 1. The molecule has 0 aliphatic carbocycles. The van der Waals surface area contributed by atoms with Crippen molar-refractivity contribution in [2.45, 2.75) is 46.1 Å². The van der Waals surface area contributed by atoms with Gasteiger partial charge in [0.1, 0.15) is 16.3 Å². The van der Waals surface area contributed by atoms with E-state index < -0.39 is 0 Å². The molecule has 0 saturated carbocycles. The highest BCUT2D eigenvalue weighted by atomic mass is 32.1. The molecule has 84 valence electrons. The minimum Gasteiger partial charge on any atom is -0.369 e. The zero-order valence-corrected chi connectivity index (χ0v) is 10.4. The summed E-state index contributed by atoms with van der Waals surface area (Å²) < 4.78 is 0.656. The van der Waals surface area contributed by atoms with Gasteiger partial charge in [-0.25, -0.2) is 4.98 Å². The number of H-pyrrole nitrogens is 1. The van der Waals surface area contributed by atoms with Gasteiger partial charge in [-0.05, 0) is 19.8 Å². The first-order valence-electron chi connectivity index (χ1n) is 5.52. The molecule has 15 heavy (non-hydrogen) atoms. The molecule has 0 radical (unpaired) electrons. The third-order valence-electron chi connectivity index (χ3n) is 2.29. The first-order valence-corrected chi connectivity index (χ1v) is 5.93. The first-order chi connectivity index (χ1) is 7.15. The van der Waals surface area contributed by atoms with Crippen molar-refractivity contribution >= 4 is 18.0 Å². The van der Waals surface area contributed by atoms with E-state index >= 15 is 0 Å². The van der Waals surface area contributed by atoms with Gasteiger partial charge in [0.2, 0.25) is 0 Å². The van der Waals surface area contributed by atoms with Crippen molar-refractivity contribution in [1.82, 2.24) is 9.97 Å². The summed E-state index contributed by atoms with van der Waals surface area (Å²) in [6.07, 6.45) is 3.11. The number of hydrogen-bond acceptors (Lipinski definition) is 3. The molecule has 1 unspecified atom stereocenters. The zero-order valence-electron chi connectivity index (χ0n) is 9.63. The SMILES string of the molecule is CCCc1nc(=S)cc(NC(C)CC)[nH]1. The Morgan fingerprint density at radius 1 is 1.53 bits per heavy atom. The fourth-order valence-corrected chi connectivity index (χ4v) is 1.54. The Hall–Kier alpha value is -0.900. The van der Waals surface area contributed by atoms with E-state index in [1.807, 2.05) is 6.07 Å². The van der Waals surface area contributed by atoms with Crippen LogP contribution >= 0.6 is 12.2 Å². The maximum Gasteiger partial charge on any atom is 0.131 e. The molecule has 0 bridgehead atoms. The summed E-state index contributed by atoms with van der Waals surface area (Å²) >= 11 is 5.12. The van der Waals surface area contributed by atoms with E-state index in [4.69, 9.17) is 12.2 Å². The third kappa shape index (κ3) is 4.00. The molecule has 4 heteroatoms. The molecule has 0 saturated heterocycles. The highest BCUT2D eigenvalue weighted by Gasteiger charge is 2.01. The maximum absolute atomic E-state index is 5.12. The number of anilines is 1. The van der Waals surface area contributed by atoms with Crippen LogP contribution in [0.25, 0.3) is 0 Å². The fraction of sp³-hybridized carbons (Fsp3) is 0.636. The van der Waals surface area contributed by atoms with Crippen LogP contribution in [-0.4, -0.2) is 16.0 Å².